The highest BCUT2D eigenvalue weighted by Crippen LogP contribution is 2.46. The van der Waals surface area contributed by atoms with Crippen LogP contribution in [0, 0.1) is 5.82 Å². The minimum Gasteiger partial charge on any atom is -0.492 e. The van der Waals surface area contributed by atoms with Gasteiger partial charge >= 0.3 is 0 Å². The van der Waals surface area contributed by atoms with Crippen molar-refractivity contribution in [3.63, 3.8) is 0 Å². The van der Waals surface area contributed by atoms with Crippen LogP contribution in [0.5, 0.6) is 5.75 Å². The number of amidine groups is 1. The van der Waals surface area contributed by atoms with E-state index < -0.39 is 5.54 Å². The molecule has 2 unspecified atom stereocenters. The van der Waals surface area contributed by atoms with E-state index in [9.17, 15) is 13.6 Å². The summed E-state index contributed by atoms with van der Waals surface area (Å²) >= 11 is 1.54. The van der Waals surface area contributed by atoms with Gasteiger partial charge < -0.3 is 9.64 Å². The van der Waals surface area contributed by atoms with Crippen LogP contribution in [0.15, 0.2) is 107 Å². The Kier molecular flexibility index (Phi) is 8.27. The van der Waals surface area contributed by atoms with Crippen molar-refractivity contribution in [1.82, 2.24) is 9.80 Å². The fourth-order valence-corrected chi connectivity index (χ4v) is 8.07. The Balaban J connectivity index is 1.14. The van der Waals surface area contributed by atoms with Crippen LogP contribution in [-0.4, -0.2) is 54.3 Å². The van der Waals surface area contributed by atoms with Crippen LogP contribution >= 0.6 is 11.3 Å². The number of halogens is 2. The summed E-state index contributed by atoms with van der Waals surface area (Å²) in [4.78, 5) is 25.2. The summed E-state index contributed by atoms with van der Waals surface area (Å²) in [5.41, 5.74) is 1.33. The molecule has 0 N–H and O–H groups in total. The normalized spacial score (nSPS) is 28.3. The molecular weight excluding hydrogens is 588 g/mol. The molecule has 1 fully saturated rings. The van der Waals surface area contributed by atoms with E-state index in [1.54, 1.807) is 24.3 Å². The van der Waals surface area contributed by atoms with Crippen LogP contribution in [0.2, 0.25) is 0 Å². The Morgan fingerprint density at radius 1 is 0.956 bits per heavy atom. The minimum atomic E-state index is -1.39. The molecule has 4 aliphatic rings. The van der Waals surface area contributed by atoms with E-state index >= 15 is 0 Å². The number of hydrogen-bond acceptors (Lipinski definition) is 5. The molecular formula is C37H37F2N3O2S. The monoisotopic (exact) mass is 625 g/mol. The van der Waals surface area contributed by atoms with Gasteiger partial charge in [0.05, 0.1) is 11.5 Å². The number of nitrogens with zero attached hydrogens (tertiary/aromatic N) is 3. The maximum Gasteiger partial charge on any atom is 0.265 e. The molecule has 1 amide bonds. The van der Waals surface area contributed by atoms with E-state index in [4.69, 9.17) is 9.73 Å². The first-order valence-corrected chi connectivity index (χ1v) is 16.8. The van der Waals surface area contributed by atoms with Gasteiger partial charge in [0.15, 0.2) is 5.54 Å². The molecule has 1 aromatic heterocycles. The number of para-hydroxylation sites is 1. The molecule has 1 saturated heterocycles. The fraction of sp³-hybridized carbons (Fsp3) is 0.351. The first-order chi connectivity index (χ1) is 22.0. The molecule has 3 aliphatic heterocycles. The Morgan fingerprint density at radius 2 is 1.82 bits per heavy atom. The van der Waals surface area contributed by atoms with Crippen LogP contribution in [0.25, 0.3) is 0 Å². The SMILES string of the molecule is O=C1N(CCCN2CCCC3(CC2)COc2ccccc23)C(c2cccs2)=NC1(/C1=C/C=C(F)\C=C/CC1)c1ccc(F)cc1. The molecule has 232 valence electrons. The predicted octanol–water partition coefficient (Wildman–Crippen LogP) is 7.71. The van der Waals surface area contributed by atoms with Crippen molar-refractivity contribution in [2.45, 2.75) is 49.5 Å². The zero-order valence-corrected chi connectivity index (χ0v) is 26.1. The number of fused-ring (bicyclic) bond motifs is 2. The molecule has 0 saturated carbocycles. The van der Waals surface area contributed by atoms with E-state index in [1.165, 1.54) is 41.2 Å². The molecule has 3 aromatic rings. The van der Waals surface area contributed by atoms with Gasteiger partial charge in [0.25, 0.3) is 5.91 Å². The summed E-state index contributed by atoms with van der Waals surface area (Å²) in [5, 5.41) is 1.98. The summed E-state index contributed by atoms with van der Waals surface area (Å²) in [6, 6.07) is 18.4. The smallest absolute Gasteiger partial charge is 0.265 e. The molecule has 2 aromatic carbocycles. The quantitative estimate of drug-likeness (QED) is 0.270. The van der Waals surface area contributed by atoms with Gasteiger partial charge in [0.2, 0.25) is 0 Å². The number of thiophene rings is 1. The highest BCUT2D eigenvalue weighted by molar-refractivity contribution is 7.12. The third-order valence-corrected chi connectivity index (χ3v) is 10.6. The van der Waals surface area contributed by atoms with Gasteiger partial charge in [-0.05, 0) is 111 Å². The van der Waals surface area contributed by atoms with E-state index in [2.05, 4.69) is 23.1 Å². The number of amides is 1. The third-order valence-electron chi connectivity index (χ3n) is 9.71. The number of rotatable bonds is 7. The van der Waals surface area contributed by atoms with Crippen LogP contribution in [0.3, 0.4) is 0 Å². The second-order valence-corrected chi connectivity index (χ2v) is 13.3. The van der Waals surface area contributed by atoms with Crippen molar-refractivity contribution in [2.75, 3.05) is 32.8 Å². The summed E-state index contributed by atoms with van der Waals surface area (Å²) < 4.78 is 34.6. The molecule has 7 rings (SSSR count). The van der Waals surface area contributed by atoms with Crippen molar-refractivity contribution in [3.8, 4) is 5.75 Å². The molecule has 1 spiro atoms. The van der Waals surface area contributed by atoms with E-state index in [0.29, 0.717) is 36.4 Å². The number of ether oxygens (including phenoxy) is 1. The standard InChI is InChI=1S/C37H37F2N3O2S/c38-29-9-2-1-8-27(13-16-29)37(28-14-17-30(39)18-15-28)35(43)42(34(40-37)33-12-5-25-45-33)23-7-22-41-21-6-19-36(20-24-41)26-44-32-11-4-3-10-31(32)36/h2-5,9-18,25H,1,6-8,19-24,26H2/b9-2-,27-13+,29-16+. The van der Waals surface area contributed by atoms with Gasteiger partial charge in [0.1, 0.15) is 23.2 Å². The summed E-state index contributed by atoms with van der Waals surface area (Å²) in [6.45, 7) is 4.12. The molecule has 5 nitrogen and oxygen atoms in total. The largest absolute Gasteiger partial charge is 0.492 e. The summed E-state index contributed by atoms with van der Waals surface area (Å²) in [6.07, 6.45) is 11.5. The van der Waals surface area contributed by atoms with Gasteiger partial charge in [0, 0.05) is 17.5 Å². The molecule has 0 bridgehead atoms. The fourth-order valence-electron chi connectivity index (χ4n) is 7.35. The average Bonchev–Trinajstić information content (AvgIpc) is 3.73. The van der Waals surface area contributed by atoms with Crippen LogP contribution in [0.1, 0.15) is 54.5 Å². The molecule has 0 radical (unpaired) electrons. The zero-order chi connectivity index (χ0) is 30.9. The number of aliphatic imine (C=N–C) groups is 1. The Hall–Kier alpha value is -3.88. The number of carbonyl (C=O) groups is 1. The lowest BCUT2D eigenvalue weighted by atomic mass is 9.76. The number of allylic oxidation sites excluding steroid dienone is 5. The molecule has 2 atom stereocenters. The number of hydrogen-bond donors (Lipinski definition) is 0. The lowest BCUT2D eigenvalue weighted by Gasteiger charge is -2.30. The minimum absolute atomic E-state index is 0.0818. The first kappa shape index (κ1) is 29.8. The second-order valence-electron chi connectivity index (χ2n) is 12.4. The van der Waals surface area contributed by atoms with Gasteiger partial charge in [-0.2, -0.15) is 0 Å². The highest BCUT2D eigenvalue weighted by atomic mass is 32.1. The summed E-state index contributed by atoms with van der Waals surface area (Å²) in [5.74, 6) is 0.717. The van der Waals surface area contributed by atoms with Gasteiger partial charge in [-0.1, -0.05) is 48.6 Å². The number of likely N-dealkylation sites (tertiary alicyclic amines) is 1. The van der Waals surface area contributed by atoms with E-state index in [0.717, 1.165) is 62.6 Å². The molecule has 8 heteroatoms. The average molecular weight is 626 g/mol. The van der Waals surface area contributed by atoms with Crippen LogP contribution in [0.4, 0.5) is 8.78 Å². The maximum atomic E-state index is 14.7. The van der Waals surface area contributed by atoms with Gasteiger partial charge in [-0.3, -0.25) is 9.69 Å². The van der Waals surface area contributed by atoms with Crippen LogP contribution in [-0.2, 0) is 15.7 Å². The van der Waals surface area contributed by atoms with Gasteiger partial charge in [-0.15, -0.1) is 11.3 Å². The topological polar surface area (TPSA) is 45.1 Å². The van der Waals surface area contributed by atoms with Crippen LogP contribution < -0.4 is 4.74 Å². The lowest BCUT2D eigenvalue weighted by Crippen LogP contribution is -2.43. The molecule has 4 heterocycles. The zero-order valence-electron chi connectivity index (χ0n) is 25.3. The van der Waals surface area contributed by atoms with E-state index in [1.807, 2.05) is 28.5 Å². The Bertz CT molecular complexity index is 1680. The molecule has 1 aliphatic carbocycles. The predicted molar refractivity (Wildman–Crippen MR) is 175 cm³/mol. The number of carbonyl (C=O) groups excluding carboxylic acids is 1. The first-order valence-electron chi connectivity index (χ1n) is 15.9. The van der Waals surface area contributed by atoms with Crippen molar-refractivity contribution >= 4 is 23.1 Å². The maximum absolute atomic E-state index is 14.7. The van der Waals surface area contributed by atoms with E-state index in [-0.39, 0.29) is 23.0 Å². The van der Waals surface area contributed by atoms with Crippen molar-refractivity contribution in [3.05, 3.63) is 124 Å². The van der Waals surface area contributed by atoms with Gasteiger partial charge in [-0.25, -0.2) is 13.8 Å². The Morgan fingerprint density at radius 3 is 2.67 bits per heavy atom. The van der Waals surface area contributed by atoms with Crippen molar-refractivity contribution in [1.29, 1.82) is 0 Å². The van der Waals surface area contributed by atoms with Crippen molar-refractivity contribution in [2.24, 2.45) is 4.99 Å². The highest BCUT2D eigenvalue weighted by Gasteiger charge is 2.52. The molecule has 45 heavy (non-hydrogen) atoms. The Labute approximate surface area is 267 Å². The second kappa shape index (κ2) is 12.5. The van der Waals surface area contributed by atoms with Crippen molar-refractivity contribution < 1.29 is 18.3 Å². The third kappa shape index (κ3) is 5.59. The lowest BCUT2D eigenvalue weighted by molar-refractivity contribution is -0.130. The summed E-state index contributed by atoms with van der Waals surface area (Å²) in [7, 11) is 0. The number of benzene rings is 2.